The smallest absolute Gasteiger partial charge is 0.337 e. The number of cyclic esters (lactones) is 1. The van der Waals surface area contributed by atoms with Crippen LogP contribution < -0.4 is 5.32 Å². The maximum absolute atomic E-state index is 14.6. The third-order valence-corrected chi connectivity index (χ3v) is 5.23. The van der Waals surface area contributed by atoms with E-state index in [4.69, 9.17) is 9.47 Å². The summed E-state index contributed by atoms with van der Waals surface area (Å²) in [5.41, 5.74) is -0.131. The highest BCUT2D eigenvalue weighted by molar-refractivity contribution is 6.01. The van der Waals surface area contributed by atoms with Crippen molar-refractivity contribution < 1.29 is 36.6 Å². The standard InChI is InChI=1S/C19H15F4NO4/c1-7-13(17(25)27-2)15(16-12(24-7)6-28-18(16)26)9-3-8(20)4-11(21)14(9)10-5-19(10,22)23/h3-4,10,15,24H,5-6H2,1-2H3. The van der Waals surface area contributed by atoms with E-state index in [0.29, 0.717) is 11.8 Å². The van der Waals surface area contributed by atoms with Gasteiger partial charge in [-0.15, -0.1) is 0 Å². The van der Waals surface area contributed by atoms with E-state index in [9.17, 15) is 27.2 Å². The van der Waals surface area contributed by atoms with Crippen LogP contribution in [0.3, 0.4) is 0 Å². The number of allylic oxidation sites excluding steroid dienone is 1. The summed E-state index contributed by atoms with van der Waals surface area (Å²) in [7, 11) is 1.11. The number of nitrogens with one attached hydrogen (secondary N) is 1. The summed E-state index contributed by atoms with van der Waals surface area (Å²) < 4.78 is 66.0. The molecule has 2 heterocycles. The second kappa shape index (κ2) is 6.08. The van der Waals surface area contributed by atoms with Gasteiger partial charge in [0.05, 0.1) is 35.8 Å². The fraction of sp³-hybridized carbons (Fsp3) is 0.368. The van der Waals surface area contributed by atoms with Crippen LogP contribution in [0.15, 0.2) is 34.7 Å². The van der Waals surface area contributed by atoms with Gasteiger partial charge in [0.15, 0.2) is 0 Å². The molecule has 0 saturated heterocycles. The molecular weight excluding hydrogens is 382 g/mol. The average molecular weight is 397 g/mol. The predicted octanol–water partition coefficient (Wildman–Crippen LogP) is 3.03. The molecule has 1 N–H and O–H groups in total. The first kappa shape index (κ1) is 18.5. The van der Waals surface area contributed by atoms with Crippen molar-refractivity contribution in [2.24, 2.45) is 0 Å². The zero-order valence-corrected chi connectivity index (χ0v) is 14.9. The number of halogens is 4. The molecule has 0 spiro atoms. The number of ether oxygens (including phenoxy) is 2. The van der Waals surface area contributed by atoms with Crippen LogP contribution in [-0.4, -0.2) is 31.6 Å². The molecule has 148 valence electrons. The van der Waals surface area contributed by atoms with Gasteiger partial charge in [0, 0.05) is 23.7 Å². The van der Waals surface area contributed by atoms with Gasteiger partial charge >= 0.3 is 11.9 Å². The first-order valence-corrected chi connectivity index (χ1v) is 8.48. The molecule has 0 amide bonds. The summed E-state index contributed by atoms with van der Waals surface area (Å²) in [5.74, 6) is -9.68. The van der Waals surface area contributed by atoms with Crippen LogP contribution in [-0.2, 0) is 19.1 Å². The maximum atomic E-state index is 14.6. The van der Waals surface area contributed by atoms with Crippen LogP contribution >= 0.6 is 0 Å². The number of rotatable bonds is 3. The highest BCUT2D eigenvalue weighted by atomic mass is 19.3. The van der Waals surface area contributed by atoms with E-state index >= 15 is 0 Å². The van der Waals surface area contributed by atoms with Crippen LogP contribution in [0.4, 0.5) is 17.6 Å². The minimum atomic E-state index is -3.14. The molecule has 9 heteroatoms. The molecule has 0 radical (unpaired) electrons. The Kier molecular flexibility index (Phi) is 4.02. The molecule has 1 fully saturated rings. The lowest BCUT2D eigenvalue weighted by molar-refractivity contribution is -0.136. The van der Waals surface area contributed by atoms with Crippen LogP contribution in [0, 0.1) is 11.6 Å². The average Bonchev–Trinajstić information content (AvgIpc) is 3.08. The van der Waals surface area contributed by atoms with Gasteiger partial charge in [-0.3, -0.25) is 0 Å². The summed E-state index contributed by atoms with van der Waals surface area (Å²) >= 11 is 0. The zero-order valence-electron chi connectivity index (χ0n) is 14.9. The van der Waals surface area contributed by atoms with E-state index in [1.807, 2.05) is 0 Å². The summed E-state index contributed by atoms with van der Waals surface area (Å²) in [6.45, 7) is 1.40. The SMILES string of the molecule is COC(=O)C1=C(C)NC2=C(C(=O)OC2)C1c1cc(F)cc(F)c1C1CC1(F)F. The van der Waals surface area contributed by atoms with Crippen LogP contribution in [0.25, 0.3) is 0 Å². The van der Waals surface area contributed by atoms with Crippen molar-refractivity contribution in [3.63, 3.8) is 0 Å². The largest absolute Gasteiger partial charge is 0.466 e. The molecule has 3 aliphatic rings. The fourth-order valence-corrected chi connectivity index (χ4v) is 3.90. The quantitative estimate of drug-likeness (QED) is 0.628. The second-order valence-electron chi connectivity index (χ2n) is 6.96. The van der Waals surface area contributed by atoms with Gasteiger partial charge in [-0.1, -0.05) is 0 Å². The number of alkyl halides is 2. The Labute approximate surface area is 157 Å². The lowest BCUT2D eigenvalue weighted by Gasteiger charge is -2.29. The van der Waals surface area contributed by atoms with Gasteiger partial charge in [-0.25, -0.2) is 27.2 Å². The highest BCUT2D eigenvalue weighted by Crippen LogP contribution is 2.59. The third-order valence-electron chi connectivity index (χ3n) is 5.23. The van der Waals surface area contributed by atoms with Crippen molar-refractivity contribution in [2.45, 2.75) is 31.1 Å². The first-order valence-electron chi connectivity index (χ1n) is 8.48. The van der Waals surface area contributed by atoms with Crippen molar-refractivity contribution in [1.29, 1.82) is 0 Å². The summed E-state index contributed by atoms with van der Waals surface area (Å²) in [6, 6.07) is 1.40. The predicted molar refractivity (Wildman–Crippen MR) is 87.2 cm³/mol. The highest BCUT2D eigenvalue weighted by Gasteiger charge is 2.60. The molecule has 1 aromatic carbocycles. The summed E-state index contributed by atoms with van der Waals surface area (Å²) in [4.78, 5) is 24.7. The van der Waals surface area contributed by atoms with Gasteiger partial charge in [-0.05, 0) is 18.6 Å². The number of esters is 2. The Morgan fingerprint density at radius 3 is 2.61 bits per heavy atom. The fourth-order valence-electron chi connectivity index (χ4n) is 3.90. The van der Waals surface area contributed by atoms with Gasteiger partial charge < -0.3 is 14.8 Å². The summed E-state index contributed by atoms with van der Waals surface area (Å²) in [5, 5.41) is 2.86. The van der Waals surface area contributed by atoms with E-state index in [2.05, 4.69) is 5.32 Å². The molecule has 1 aromatic rings. The van der Waals surface area contributed by atoms with Crippen LogP contribution in [0.2, 0.25) is 0 Å². The van der Waals surface area contributed by atoms with Crippen molar-refractivity contribution in [3.8, 4) is 0 Å². The van der Waals surface area contributed by atoms with Gasteiger partial charge in [-0.2, -0.15) is 0 Å². The number of benzene rings is 1. The van der Waals surface area contributed by atoms with Gasteiger partial charge in [0.1, 0.15) is 18.2 Å². The topological polar surface area (TPSA) is 64.6 Å². The van der Waals surface area contributed by atoms with E-state index < -0.39 is 53.3 Å². The van der Waals surface area contributed by atoms with E-state index in [-0.39, 0.29) is 29.0 Å². The van der Waals surface area contributed by atoms with Gasteiger partial charge in [0.2, 0.25) is 0 Å². The Balaban J connectivity index is 1.98. The molecule has 0 bridgehead atoms. The molecule has 2 atom stereocenters. The first-order chi connectivity index (χ1) is 13.2. The number of dihydropyridines is 1. The monoisotopic (exact) mass is 397 g/mol. The van der Waals surface area contributed by atoms with Crippen molar-refractivity contribution in [1.82, 2.24) is 5.32 Å². The lowest BCUT2D eigenvalue weighted by atomic mass is 9.78. The Hall–Kier alpha value is -2.84. The minimum absolute atomic E-state index is 0.0405. The van der Waals surface area contributed by atoms with Crippen molar-refractivity contribution in [3.05, 3.63) is 57.4 Å². The van der Waals surface area contributed by atoms with Crippen LogP contribution in [0.5, 0.6) is 0 Å². The minimum Gasteiger partial charge on any atom is -0.466 e. The Morgan fingerprint density at radius 1 is 1.32 bits per heavy atom. The van der Waals surface area contributed by atoms with E-state index in [0.717, 1.165) is 13.2 Å². The second-order valence-corrected chi connectivity index (χ2v) is 6.96. The third kappa shape index (κ3) is 2.68. The molecule has 28 heavy (non-hydrogen) atoms. The molecular formula is C19H15F4NO4. The molecule has 1 aliphatic carbocycles. The molecule has 5 nitrogen and oxygen atoms in total. The molecule has 2 unspecified atom stereocenters. The van der Waals surface area contributed by atoms with Crippen molar-refractivity contribution in [2.75, 3.05) is 13.7 Å². The number of methoxy groups -OCH3 is 1. The Morgan fingerprint density at radius 2 is 2.00 bits per heavy atom. The number of carbonyl (C=O) groups excluding carboxylic acids is 2. The van der Waals surface area contributed by atoms with Gasteiger partial charge in [0.25, 0.3) is 5.92 Å². The molecule has 0 aromatic heterocycles. The van der Waals surface area contributed by atoms with Crippen LogP contribution in [0.1, 0.15) is 36.3 Å². The molecule has 1 saturated carbocycles. The van der Waals surface area contributed by atoms with E-state index in [1.165, 1.54) is 6.92 Å². The number of hydrogen-bond acceptors (Lipinski definition) is 5. The lowest BCUT2D eigenvalue weighted by Crippen LogP contribution is -2.30. The normalized spacial score (nSPS) is 25.3. The van der Waals surface area contributed by atoms with Crippen molar-refractivity contribution >= 4 is 11.9 Å². The summed E-state index contributed by atoms with van der Waals surface area (Å²) in [6.07, 6.45) is -0.597. The molecule has 2 aliphatic heterocycles. The zero-order chi connectivity index (χ0) is 20.4. The maximum Gasteiger partial charge on any atom is 0.337 e. The Bertz CT molecular complexity index is 982. The number of hydrogen-bond donors (Lipinski definition) is 1. The molecule has 4 rings (SSSR count). The number of carbonyl (C=O) groups is 2. The van der Waals surface area contributed by atoms with E-state index in [1.54, 1.807) is 0 Å².